The Kier molecular flexibility index (Phi) is 7.32. The van der Waals surface area contributed by atoms with Crippen LogP contribution in [0.15, 0.2) is 53.6 Å². The van der Waals surface area contributed by atoms with Crippen molar-refractivity contribution in [3.63, 3.8) is 0 Å². The summed E-state index contributed by atoms with van der Waals surface area (Å²) < 4.78 is 30.4. The van der Waals surface area contributed by atoms with Gasteiger partial charge in [0.25, 0.3) is 11.8 Å². The molecular weight excluding hydrogens is 396 g/mol. The number of ether oxygens (including phenoxy) is 1. The number of nitrogens with one attached hydrogen (secondary N) is 1. The molecular formula is C19H22N4O5S. The van der Waals surface area contributed by atoms with Crippen LogP contribution in [-0.2, 0) is 19.6 Å². The van der Waals surface area contributed by atoms with Gasteiger partial charge in [0.1, 0.15) is 12.3 Å². The first kappa shape index (κ1) is 21.9. The lowest BCUT2D eigenvalue weighted by Crippen LogP contribution is -2.39. The van der Waals surface area contributed by atoms with Crippen molar-refractivity contribution in [1.82, 2.24) is 5.43 Å². The van der Waals surface area contributed by atoms with Gasteiger partial charge < -0.3 is 10.5 Å². The fourth-order valence-electron chi connectivity index (χ4n) is 2.37. The zero-order valence-corrected chi connectivity index (χ0v) is 16.8. The maximum atomic E-state index is 12.2. The number of carbonyl (C=O) groups is 2. The van der Waals surface area contributed by atoms with E-state index in [1.165, 1.54) is 6.21 Å². The Hall–Kier alpha value is -3.40. The van der Waals surface area contributed by atoms with Gasteiger partial charge in [-0.3, -0.25) is 13.9 Å². The summed E-state index contributed by atoms with van der Waals surface area (Å²) in [5.41, 5.74) is 9.14. The number of amides is 2. The molecule has 0 spiro atoms. The van der Waals surface area contributed by atoms with Crippen molar-refractivity contribution in [2.24, 2.45) is 10.8 Å². The van der Waals surface area contributed by atoms with E-state index >= 15 is 0 Å². The van der Waals surface area contributed by atoms with Gasteiger partial charge in [-0.15, -0.1) is 0 Å². The molecule has 0 unspecified atom stereocenters. The summed E-state index contributed by atoms with van der Waals surface area (Å²) in [5.74, 6) is -0.699. The van der Waals surface area contributed by atoms with Gasteiger partial charge in [0.05, 0.1) is 18.2 Å². The van der Waals surface area contributed by atoms with Gasteiger partial charge in [0, 0.05) is 0 Å². The zero-order valence-electron chi connectivity index (χ0n) is 16.0. The standard InChI is InChI=1S/C19H22N4O5S/c1-14-5-3-4-6-17(14)23(29(2,26)27)12-19(25)22-21-11-15-7-9-16(10-8-15)28-13-18(20)24/h3-11H,12-13H2,1-2H3,(H2,20,24)(H,22,25)/b21-11-. The molecule has 0 aromatic heterocycles. The van der Waals surface area contributed by atoms with E-state index in [0.29, 0.717) is 17.0 Å². The normalized spacial score (nSPS) is 11.2. The molecule has 10 heteroatoms. The Labute approximate surface area is 169 Å². The van der Waals surface area contributed by atoms with Crippen LogP contribution in [0.2, 0.25) is 0 Å². The molecule has 0 heterocycles. The van der Waals surface area contributed by atoms with Gasteiger partial charge in [-0.2, -0.15) is 5.10 Å². The molecule has 0 aliphatic rings. The van der Waals surface area contributed by atoms with Crippen molar-refractivity contribution in [1.29, 1.82) is 0 Å². The second-order valence-electron chi connectivity index (χ2n) is 6.17. The lowest BCUT2D eigenvalue weighted by molar-refractivity contribution is -0.120. The SMILES string of the molecule is Cc1ccccc1N(CC(=O)N/N=C\c1ccc(OCC(N)=O)cc1)S(C)(=O)=O. The number of hydrogen-bond acceptors (Lipinski definition) is 6. The largest absolute Gasteiger partial charge is 0.484 e. The summed E-state index contributed by atoms with van der Waals surface area (Å²) in [6, 6.07) is 13.5. The Morgan fingerprint density at radius 1 is 1.17 bits per heavy atom. The molecule has 2 rings (SSSR count). The van der Waals surface area contributed by atoms with Crippen LogP contribution in [0.5, 0.6) is 5.75 Å². The summed E-state index contributed by atoms with van der Waals surface area (Å²) in [6.45, 7) is 1.14. The highest BCUT2D eigenvalue weighted by molar-refractivity contribution is 7.92. The topological polar surface area (TPSA) is 131 Å². The van der Waals surface area contributed by atoms with Crippen molar-refractivity contribution in [2.45, 2.75) is 6.92 Å². The number of sulfonamides is 1. The van der Waals surface area contributed by atoms with E-state index in [2.05, 4.69) is 10.5 Å². The van der Waals surface area contributed by atoms with E-state index in [1.54, 1.807) is 55.5 Å². The van der Waals surface area contributed by atoms with Crippen LogP contribution in [0.3, 0.4) is 0 Å². The maximum Gasteiger partial charge on any atom is 0.260 e. The number of hydrogen-bond donors (Lipinski definition) is 2. The smallest absolute Gasteiger partial charge is 0.260 e. The molecule has 0 aliphatic carbocycles. The molecule has 29 heavy (non-hydrogen) atoms. The van der Waals surface area contributed by atoms with Crippen LogP contribution in [0.4, 0.5) is 5.69 Å². The second kappa shape index (κ2) is 9.69. The quantitative estimate of drug-likeness (QED) is 0.459. The average Bonchev–Trinajstić information content (AvgIpc) is 2.65. The number of primary amides is 1. The first-order valence-corrected chi connectivity index (χ1v) is 10.4. The summed E-state index contributed by atoms with van der Waals surface area (Å²) in [4.78, 5) is 22.9. The lowest BCUT2D eigenvalue weighted by atomic mass is 10.2. The highest BCUT2D eigenvalue weighted by Crippen LogP contribution is 2.21. The molecule has 0 atom stereocenters. The fraction of sp³-hybridized carbons (Fsp3) is 0.211. The van der Waals surface area contributed by atoms with Gasteiger partial charge in [0.15, 0.2) is 6.61 Å². The minimum absolute atomic E-state index is 0.221. The van der Waals surface area contributed by atoms with Gasteiger partial charge >= 0.3 is 0 Å². The number of nitrogens with zero attached hydrogens (tertiary/aromatic N) is 2. The Bertz CT molecular complexity index is 1000. The van der Waals surface area contributed by atoms with Crippen molar-refractivity contribution in [2.75, 3.05) is 23.7 Å². The number of hydrazone groups is 1. The van der Waals surface area contributed by atoms with Crippen LogP contribution in [-0.4, -0.2) is 45.9 Å². The highest BCUT2D eigenvalue weighted by Gasteiger charge is 2.21. The Morgan fingerprint density at radius 3 is 2.41 bits per heavy atom. The van der Waals surface area contributed by atoms with E-state index < -0.39 is 28.4 Å². The second-order valence-corrected chi connectivity index (χ2v) is 8.08. The number of para-hydroxylation sites is 1. The number of anilines is 1. The van der Waals surface area contributed by atoms with Crippen LogP contribution in [0, 0.1) is 6.92 Å². The number of rotatable bonds is 9. The monoisotopic (exact) mass is 418 g/mol. The predicted octanol–water partition coefficient (Wildman–Crippen LogP) is 0.775. The van der Waals surface area contributed by atoms with Gasteiger partial charge in [0.2, 0.25) is 10.0 Å². The van der Waals surface area contributed by atoms with Crippen molar-refractivity contribution < 1.29 is 22.7 Å². The van der Waals surface area contributed by atoms with E-state index in [-0.39, 0.29) is 6.61 Å². The molecule has 0 fully saturated rings. The third-order valence-electron chi connectivity index (χ3n) is 3.74. The molecule has 3 N–H and O–H groups in total. The molecule has 0 bridgehead atoms. The lowest BCUT2D eigenvalue weighted by Gasteiger charge is -2.23. The number of benzene rings is 2. The van der Waals surface area contributed by atoms with Crippen molar-refractivity contribution >= 4 is 33.7 Å². The minimum Gasteiger partial charge on any atom is -0.484 e. The van der Waals surface area contributed by atoms with E-state index in [1.807, 2.05) is 0 Å². The van der Waals surface area contributed by atoms with E-state index in [4.69, 9.17) is 10.5 Å². The van der Waals surface area contributed by atoms with Crippen molar-refractivity contribution in [3.05, 3.63) is 59.7 Å². The van der Waals surface area contributed by atoms with E-state index in [9.17, 15) is 18.0 Å². The molecule has 0 aliphatic heterocycles. The summed E-state index contributed by atoms with van der Waals surface area (Å²) in [6.07, 6.45) is 2.44. The van der Waals surface area contributed by atoms with Gasteiger partial charge in [-0.25, -0.2) is 13.8 Å². The average molecular weight is 418 g/mol. The van der Waals surface area contributed by atoms with E-state index in [0.717, 1.165) is 16.1 Å². The first-order chi connectivity index (χ1) is 13.7. The molecule has 2 aromatic rings. The summed E-state index contributed by atoms with van der Waals surface area (Å²) in [5, 5.41) is 3.84. The van der Waals surface area contributed by atoms with Crippen LogP contribution in [0.1, 0.15) is 11.1 Å². The van der Waals surface area contributed by atoms with Crippen LogP contribution < -0.4 is 20.2 Å². The molecule has 154 valence electrons. The third-order valence-corrected chi connectivity index (χ3v) is 4.86. The Morgan fingerprint density at radius 2 is 1.83 bits per heavy atom. The van der Waals surface area contributed by atoms with Gasteiger partial charge in [-0.05, 0) is 48.4 Å². The molecule has 2 aromatic carbocycles. The first-order valence-electron chi connectivity index (χ1n) is 8.53. The van der Waals surface area contributed by atoms with Crippen LogP contribution >= 0.6 is 0 Å². The number of nitrogens with two attached hydrogens (primary N) is 1. The zero-order chi connectivity index (χ0) is 21.4. The van der Waals surface area contributed by atoms with Crippen LogP contribution in [0.25, 0.3) is 0 Å². The third kappa shape index (κ3) is 6.92. The minimum atomic E-state index is -3.66. The van der Waals surface area contributed by atoms with Gasteiger partial charge in [-0.1, -0.05) is 18.2 Å². The molecule has 0 saturated carbocycles. The molecule has 2 amide bonds. The molecule has 9 nitrogen and oxygen atoms in total. The molecule has 0 saturated heterocycles. The maximum absolute atomic E-state index is 12.2. The fourth-order valence-corrected chi connectivity index (χ4v) is 3.29. The molecule has 0 radical (unpaired) electrons. The Balaban J connectivity index is 1.98. The highest BCUT2D eigenvalue weighted by atomic mass is 32.2. The predicted molar refractivity (Wildman–Crippen MR) is 110 cm³/mol. The summed E-state index contributed by atoms with van der Waals surface area (Å²) in [7, 11) is -3.66. The van der Waals surface area contributed by atoms with Crippen molar-refractivity contribution in [3.8, 4) is 5.75 Å². The summed E-state index contributed by atoms with van der Waals surface area (Å²) >= 11 is 0. The number of aryl methyl sites for hydroxylation is 1. The number of carbonyl (C=O) groups excluding carboxylic acids is 2.